The second-order valence-corrected chi connectivity index (χ2v) is 5.09. The first-order chi connectivity index (χ1) is 8.81. The lowest BCUT2D eigenvalue weighted by Gasteiger charge is -2.20. The van der Waals surface area contributed by atoms with E-state index in [1.54, 1.807) is 0 Å². The van der Waals surface area contributed by atoms with Crippen LogP contribution in [0.2, 0.25) is 0 Å². The van der Waals surface area contributed by atoms with Crippen molar-refractivity contribution in [2.24, 2.45) is 11.8 Å². The van der Waals surface area contributed by atoms with E-state index in [1.807, 2.05) is 24.3 Å². The Hall–Kier alpha value is -1.12. The first-order valence-corrected chi connectivity index (χ1v) is 6.72. The summed E-state index contributed by atoms with van der Waals surface area (Å²) in [6.07, 6.45) is 4.59. The Labute approximate surface area is 109 Å². The number of aliphatic hydroxyl groups excluding tert-OH is 1. The zero-order valence-corrected chi connectivity index (χ0v) is 10.8. The van der Waals surface area contributed by atoms with Crippen molar-refractivity contribution in [3.63, 3.8) is 0 Å². The van der Waals surface area contributed by atoms with E-state index in [0.29, 0.717) is 18.4 Å². The third kappa shape index (κ3) is 3.44. The molecule has 0 bridgehead atoms. The summed E-state index contributed by atoms with van der Waals surface area (Å²) in [5.41, 5.74) is 1.20. The van der Waals surface area contributed by atoms with Gasteiger partial charge in [-0.25, -0.2) is 0 Å². The van der Waals surface area contributed by atoms with Gasteiger partial charge in [0.25, 0.3) is 0 Å². The van der Waals surface area contributed by atoms with Gasteiger partial charge in [-0.3, -0.25) is 0 Å². The molecule has 3 unspecified atom stereocenters. The van der Waals surface area contributed by atoms with Crippen LogP contribution in [0.5, 0.6) is 0 Å². The molecule has 1 aliphatic carbocycles. The summed E-state index contributed by atoms with van der Waals surface area (Å²) in [7, 11) is 0. The van der Waals surface area contributed by atoms with E-state index in [9.17, 15) is 5.11 Å². The van der Waals surface area contributed by atoms with E-state index in [-0.39, 0.29) is 6.10 Å². The quantitative estimate of drug-likeness (QED) is 0.781. The van der Waals surface area contributed by atoms with E-state index in [1.165, 1.54) is 5.56 Å². The molecule has 0 radical (unpaired) electrons. The van der Waals surface area contributed by atoms with Gasteiger partial charge in [-0.15, -0.1) is 6.58 Å². The number of allylic oxidation sites excluding steroid dienone is 1. The predicted octanol–water partition coefficient (Wildman–Crippen LogP) is 3.17. The van der Waals surface area contributed by atoms with Crippen LogP contribution >= 0.6 is 0 Å². The first kappa shape index (κ1) is 13.3. The molecule has 0 aliphatic heterocycles. The molecule has 0 saturated heterocycles. The monoisotopic (exact) mass is 246 g/mol. The highest BCUT2D eigenvalue weighted by molar-refractivity contribution is 5.13. The molecule has 1 fully saturated rings. The van der Waals surface area contributed by atoms with Gasteiger partial charge < -0.3 is 9.84 Å². The van der Waals surface area contributed by atoms with Gasteiger partial charge in [0.05, 0.1) is 19.3 Å². The Morgan fingerprint density at radius 1 is 1.28 bits per heavy atom. The molecule has 2 rings (SSSR count). The van der Waals surface area contributed by atoms with Crippen molar-refractivity contribution in [3.05, 3.63) is 48.6 Å². The smallest absolute Gasteiger partial charge is 0.0717 e. The lowest BCUT2D eigenvalue weighted by molar-refractivity contribution is 0.0518. The number of ether oxygens (including phenoxy) is 1. The third-order valence-electron chi connectivity index (χ3n) is 3.82. The SMILES string of the molecule is C=CCC1C(O)CCC1COCc1ccccc1. The molecule has 0 amide bonds. The van der Waals surface area contributed by atoms with Crippen molar-refractivity contribution in [1.82, 2.24) is 0 Å². The van der Waals surface area contributed by atoms with Gasteiger partial charge in [0, 0.05) is 0 Å². The van der Waals surface area contributed by atoms with Crippen LogP contribution in [0.3, 0.4) is 0 Å². The summed E-state index contributed by atoms with van der Waals surface area (Å²) in [6.45, 7) is 5.17. The molecule has 1 saturated carbocycles. The Balaban J connectivity index is 1.77. The third-order valence-corrected chi connectivity index (χ3v) is 3.82. The minimum Gasteiger partial charge on any atom is -0.393 e. The normalized spacial score (nSPS) is 27.3. The van der Waals surface area contributed by atoms with Gasteiger partial charge >= 0.3 is 0 Å². The second-order valence-electron chi connectivity index (χ2n) is 5.09. The lowest BCUT2D eigenvalue weighted by Crippen LogP contribution is -2.21. The molecule has 0 spiro atoms. The highest BCUT2D eigenvalue weighted by Gasteiger charge is 2.33. The minimum absolute atomic E-state index is 0.173. The van der Waals surface area contributed by atoms with Gasteiger partial charge in [0.2, 0.25) is 0 Å². The molecule has 1 aliphatic rings. The van der Waals surface area contributed by atoms with Crippen LogP contribution in [-0.4, -0.2) is 17.8 Å². The van der Waals surface area contributed by atoms with Crippen molar-refractivity contribution >= 4 is 0 Å². The van der Waals surface area contributed by atoms with Gasteiger partial charge in [-0.1, -0.05) is 36.4 Å². The molecule has 2 nitrogen and oxygen atoms in total. The molecule has 1 aromatic rings. The summed E-state index contributed by atoms with van der Waals surface area (Å²) in [5.74, 6) is 0.806. The summed E-state index contributed by atoms with van der Waals surface area (Å²) in [6, 6.07) is 10.2. The number of hydrogen-bond acceptors (Lipinski definition) is 2. The molecular formula is C16H22O2. The molecule has 3 atom stereocenters. The Kier molecular flexibility index (Phi) is 4.97. The van der Waals surface area contributed by atoms with Crippen molar-refractivity contribution in [2.45, 2.75) is 32.0 Å². The van der Waals surface area contributed by atoms with Crippen molar-refractivity contribution < 1.29 is 9.84 Å². The Bertz CT molecular complexity index is 361. The fourth-order valence-corrected chi connectivity index (χ4v) is 2.78. The number of aliphatic hydroxyl groups is 1. The molecular weight excluding hydrogens is 224 g/mol. The molecule has 0 aromatic heterocycles. The molecule has 98 valence electrons. The summed E-state index contributed by atoms with van der Waals surface area (Å²) < 4.78 is 5.78. The maximum Gasteiger partial charge on any atom is 0.0717 e. The molecule has 1 N–H and O–H groups in total. The number of hydrogen-bond donors (Lipinski definition) is 1. The predicted molar refractivity (Wildman–Crippen MR) is 73.1 cm³/mol. The second kappa shape index (κ2) is 6.72. The topological polar surface area (TPSA) is 29.5 Å². The number of benzene rings is 1. The van der Waals surface area contributed by atoms with E-state index in [4.69, 9.17) is 4.74 Å². The van der Waals surface area contributed by atoms with Crippen LogP contribution < -0.4 is 0 Å². The summed E-state index contributed by atoms with van der Waals surface area (Å²) >= 11 is 0. The van der Waals surface area contributed by atoms with E-state index >= 15 is 0 Å². The van der Waals surface area contributed by atoms with Crippen molar-refractivity contribution in [1.29, 1.82) is 0 Å². The summed E-state index contributed by atoms with van der Waals surface area (Å²) in [5, 5.41) is 9.90. The largest absolute Gasteiger partial charge is 0.393 e. The fourth-order valence-electron chi connectivity index (χ4n) is 2.78. The van der Waals surface area contributed by atoms with E-state index in [2.05, 4.69) is 18.7 Å². The van der Waals surface area contributed by atoms with Gasteiger partial charge in [-0.2, -0.15) is 0 Å². The van der Waals surface area contributed by atoms with Crippen molar-refractivity contribution in [2.75, 3.05) is 6.61 Å². The van der Waals surface area contributed by atoms with Crippen LogP contribution in [0.1, 0.15) is 24.8 Å². The molecule has 0 heterocycles. The average molecular weight is 246 g/mol. The lowest BCUT2D eigenvalue weighted by atomic mass is 9.92. The van der Waals surface area contributed by atoms with E-state index < -0.39 is 0 Å². The van der Waals surface area contributed by atoms with Crippen LogP contribution in [0.4, 0.5) is 0 Å². The van der Waals surface area contributed by atoms with Crippen LogP contribution in [-0.2, 0) is 11.3 Å². The zero-order valence-electron chi connectivity index (χ0n) is 10.8. The van der Waals surface area contributed by atoms with Gasteiger partial charge in [0.1, 0.15) is 0 Å². The van der Waals surface area contributed by atoms with E-state index in [0.717, 1.165) is 25.9 Å². The van der Waals surface area contributed by atoms with Crippen LogP contribution in [0.25, 0.3) is 0 Å². The van der Waals surface area contributed by atoms with Gasteiger partial charge in [-0.05, 0) is 36.7 Å². The van der Waals surface area contributed by atoms with Crippen molar-refractivity contribution in [3.8, 4) is 0 Å². The Morgan fingerprint density at radius 3 is 2.78 bits per heavy atom. The van der Waals surface area contributed by atoms with Gasteiger partial charge in [0.15, 0.2) is 0 Å². The number of rotatable bonds is 6. The molecule has 18 heavy (non-hydrogen) atoms. The summed E-state index contributed by atoms with van der Waals surface area (Å²) in [4.78, 5) is 0. The highest BCUT2D eigenvalue weighted by Crippen LogP contribution is 2.35. The average Bonchev–Trinajstić information content (AvgIpc) is 2.73. The maximum absolute atomic E-state index is 9.90. The fraction of sp³-hybridized carbons (Fsp3) is 0.500. The van der Waals surface area contributed by atoms with Crippen LogP contribution in [0, 0.1) is 11.8 Å². The van der Waals surface area contributed by atoms with Crippen LogP contribution in [0.15, 0.2) is 43.0 Å². The molecule has 1 aromatic carbocycles. The molecule has 2 heteroatoms. The minimum atomic E-state index is -0.173. The standard InChI is InChI=1S/C16H22O2/c1-2-6-15-14(9-10-16(15)17)12-18-11-13-7-4-3-5-8-13/h2-5,7-8,14-17H,1,6,9-12H2. The Morgan fingerprint density at radius 2 is 2.06 bits per heavy atom. The zero-order chi connectivity index (χ0) is 12.8. The first-order valence-electron chi connectivity index (χ1n) is 6.72. The maximum atomic E-state index is 9.90. The highest BCUT2D eigenvalue weighted by atomic mass is 16.5.